The molecule has 102 valence electrons. The molecular formula is C16H21ClN2. The van der Waals surface area contributed by atoms with Gasteiger partial charge in [0.05, 0.1) is 11.4 Å². The predicted molar refractivity (Wildman–Crippen MR) is 84.1 cm³/mol. The highest BCUT2D eigenvalue weighted by Crippen LogP contribution is 2.25. The normalized spacial score (nSPS) is 10.9. The summed E-state index contributed by atoms with van der Waals surface area (Å²) in [5, 5.41) is 1.16. The second-order valence-electron chi connectivity index (χ2n) is 4.78. The van der Waals surface area contributed by atoms with Crippen molar-refractivity contribution in [1.29, 1.82) is 0 Å². The molecule has 1 aromatic heterocycles. The first-order chi connectivity index (χ1) is 9.30. The van der Waals surface area contributed by atoms with E-state index >= 15 is 0 Å². The zero-order valence-corrected chi connectivity index (χ0v) is 12.5. The molecule has 1 heterocycles. The number of pyridine rings is 1. The smallest absolute Gasteiger partial charge is 0.133 e. The van der Waals surface area contributed by atoms with Crippen LogP contribution in [-0.4, -0.2) is 18.1 Å². The molecule has 0 N–H and O–H groups in total. The molecule has 3 heteroatoms. The Labute approximate surface area is 120 Å². The van der Waals surface area contributed by atoms with Crippen LogP contribution in [0.5, 0.6) is 0 Å². The van der Waals surface area contributed by atoms with Crippen LogP contribution >= 0.6 is 11.6 Å². The predicted octanol–water partition coefficient (Wildman–Crippen LogP) is 4.60. The SMILES string of the molecule is CCCN(CCC)c1nc2ccccc2cc1CCl. The molecular weight excluding hydrogens is 256 g/mol. The Bertz CT molecular complexity index is 533. The second kappa shape index (κ2) is 6.76. The van der Waals surface area contributed by atoms with Crippen molar-refractivity contribution in [2.75, 3.05) is 18.0 Å². The Hall–Kier alpha value is -1.28. The van der Waals surface area contributed by atoms with E-state index in [0.717, 1.165) is 48.2 Å². The van der Waals surface area contributed by atoms with Gasteiger partial charge in [0, 0.05) is 24.0 Å². The van der Waals surface area contributed by atoms with Crippen molar-refractivity contribution in [3.05, 3.63) is 35.9 Å². The maximum atomic E-state index is 6.11. The lowest BCUT2D eigenvalue weighted by atomic mass is 10.1. The largest absolute Gasteiger partial charge is 0.356 e. The van der Waals surface area contributed by atoms with Crippen LogP contribution in [0.4, 0.5) is 5.82 Å². The Morgan fingerprint density at radius 2 is 1.79 bits per heavy atom. The van der Waals surface area contributed by atoms with Gasteiger partial charge in [-0.05, 0) is 25.0 Å². The van der Waals surface area contributed by atoms with Gasteiger partial charge in [0.15, 0.2) is 0 Å². The molecule has 0 spiro atoms. The Kier molecular flexibility index (Phi) is 5.03. The summed E-state index contributed by atoms with van der Waals surface area (Å²) in [5.74, 6) is 1.56. The standard InChI is InChI=1S/C16H21ClN2/c1-3-9-19(10-4-2)16-14(12-17)11-13-7-5-6-8-15(13)18-16/h5-8,11H,3-4,9-10,12H2,1-2H3. The maximum Gasteiger partial charge on any atom is 0.133 e. The molecule has 0 fully saturated rings. The van der Waals surface area contributed by atoms with Gasteiger partial charge in [-0.2, -0.15) is 0 Å². The number of fused-ring (bicyclic) bond motifs is 1. The summed E-state index contributed by atoms with van der Waals surface area (Å²) < 4.78 is 0. The first-order valence-corrected chi connectivity index (χ1v) is 7.53. The van der Waals surface area contributed by atoms with Gasteiger partial charge in [0.2, 0.25) is 0 Å². The molecule has 0 radical (unpaired) electrons. The molecule has 0 aliphatic carbocycles. The van der Waals surface area contributed by atoms with Gasteiger partial charge < -0.3 is 4.90 Å². The van der Waals surface area contributed by atoms with Gasteiger partial charge in [0.25, 0.3) is 0 Å². The van der Waals surface area contributed by atoms with Crippen LogP contribution in [0.15, 0.2) is 30.3 Å². The third-order valence-corrected chi connectivity index (χ3v) is 3.50. The fourth-order valence-electron chi connectivity index (χ4n) is 2.39. The quantitative estimate of drug-likeness (QED) is 0.717. The van der Waals surface area contributed by atoms with E-state index in [9.17, 15) is 0 Å². The minimum absolute atomic E-state index is 0.511. The lowest BCUT2D eigenvalue weighted by Crippen LogP contribution is -2.27. The van der Waals surface area contributed by atoms with Gasteiger partial charge in [-0.3, -0.25) is 0 Å². The molecule has 0 bridgehead atoms. The number of halogens is 1. The molecule has 1 aromatic carbocycles. The van der Waals surface area contributed by atoms with Gasteiger partial charge in [-0.25, -0.2) is 4.98 Å². The highest BCUT2D eigenvalue weighted by atomic mass is 35.5. The molecule has 0 aliphatic rings. The number of alkyl halides is 1. The molecule has 2 rings (SSSR count). The number of anilines is 1. The van der Waals surface area contributed by atoms with Crippen molar-refractivity contribution in [2.45, 2.75) is 32.6 Å². The molecule has 19 heavy (non-hydrogen) atoms. The third-order valence-electron chi connectivity index (χ3n) is 3.21. The van der Waals surface area contributed by atoms with E-state index in [2.05, 4.69) is 36.9 Å². The maximum absolute atomic E-state index is 6.11. The fraction of sp³-hybridized carbons (Fsp3) is 0.438. The van der Waals surface area contributed by atoms with E-state index in [1.165, 1.54) is 0 Å². The average molecular weight is 277 g/mol. The lowest BCUT2D eigenvalue weighted by Gasteiger charge is -2.25. The van der Waals surface area contributed by atoms with Gasteiger partial charge >= 0.3 is 0 Å². The summed E-state index contributed by atoms with van der Waals surface area (Å²) in [6, 6.07) is 10.4. The van der Waals surface area contributed by atoms with E-state index in [4.69, 9.17) is 16.6 Å². The molecule has 0 aliphatic heterocycles. The van der Waals surface area contributed by atoms with Gasteiger partial charge in [-0.15, -0.1) is 11.6 Å². The molecule has 2 nitrogen and oxygen atoms in total. The van der Waals surface area contributed by atoms with E-state index in [-0.39, 0.29) is 0 Å². The number of hydrogen-bond donors (Lipinski definition) is 0. The van der Waals surface area contributed by atoms with Crippen molar-refractivity contribution >= 4 is 28.3 Å². The number of nitrogens with zero attached hydrogens (tertiary/aromatic N) is 2. The van der Waals surface area contributed by atoms with Crippen molar-refractivity contribution in [2.24, 2.45) is 0 Å². The Balaban J connectivity index is 2.49. The van der Waals surface area contributed by atoms with Crippen LogP contribution in [0.2, 0.25) is 0 Å². The monoisotopic (exact) mass is 276 g/mol. The highest BCUT2D eigenvalue weighted by molar-refractivity contribution is 6.17. The first kappa shape index (κ1) is 14.1. The average Bonchev–Trinajstić information content (AvgIpc) is 2.45. The van der Waals surface area contributed by atoms with Crippen molar-refractivity contribution in [1.82, 2.24) is 4.98 Å². The van der Waals surface area contributed by atoms with E-state index < -0.39 is 0 Å². The van der Waals surface area contributed by atoms with E-state index in [1.807, 2.05) is 12.1 Å². The fourth-order valence-corrected chi connectivity index (χ4v) is 2.58. The first-order valence-electron chi connectivity index (χ1n) is 6.99. The van der Waals surface area contributed by atoms with Gasteiger partial charge in [-0.1, -0.05) is 32.0 Å². The minimum atomic E-state index is 0.511. The van der Waals surface area contributed by atoms with Crippen molar-refractivity contribution in [3.8, 4) is 0 Å². The van der Waals surface area contributed by atoms with Crippen molar-refractivity contribution < 1.29 is 0 Å². The third kappa shape index (κ3) is 3.19. The minimum Gasteiger partial charge on any atom is -0.356 e. The lowest BCUT2D eigenvalue weighted by molar-refractivity contribution is 0.733. The molecule has 0 atom stereocenters. The zero-order chi connectivity index (χ0) is 13.7. The van der Waals surface area contributed by atoms with Crippen molar-refractivity contribution in [3.63, 3.8) is 0 Å². The number of rotatable bonds is 6. The second-order valence-corrected chi connectivity index (χ2v) is 5.05. The Morgan fingerprint density at radius 1 is 1.11 bits per heavy atom. The number of benzene rings is 1. The van der Waals surface area contributed by atoms with Crippen LogP contribution in [0.25, 0.3) is 10.9 Å². The topological polar surface area (TPSA) is 16.1 Å². The van der Waals surface area contributed by atoms with Crippen LogP contribution in [0, 0.1) is 0 Å². The number of hydrogen-bond acceptors (Lipinski definition) is 2. The number of para-hydroxylation sites is 1. The summed E-state index contributed by atoms with van der Waals surface area (Å²) in [6.07, 6.45) is 2.24. The van der Waals surface area contributed by atoms with Gasteiger partial charge in [0.1, 0.15) is 5.82 Å². The molecule has 0 saturated carbocycles. The van der Waals surface area contributed by atoms with E-state index in [1.54, 1.807) is 0 Å². The summed E-state index contributed by atoms with van der Waals surface area (Å²) >= 11 is 6.11. The highest BCUT2D eigenvalue weighted by Gasteiger charge is 2.12. The summed E-state index contributed by atoms with van der Waals surface area (Å²) in [5.41, 5.74) is 2.17. The van der Waals surface area contributed by atoms with Crippen LogP contribution in [-0.2, 0) is 5.88 Å². The summed E-state index contributed by atoms with van der Waals surface area (Å²) in [7, 11) is 0. The summed E-state index contributed by atoms with van der Waals surface area (Å²) in [4.78, 5) is 7.18. The van der Waals surface area contributed by atoms with Crippen LogP contribution in [0.3, 0.4) is 0 Å². The molecule has 0 unspecified atom stereocenters. The number of aromatic nitrogens is 1. The summed E-state index contributed by atoms with van der Waals surface area (Å²) in [6.45, 7) is 6.46. The molecule has 2 aromatic rings. The molecule has 0 saturated heterocycles. The van der Waals surface area contributed by atoms with Crippen LogP contribution in [0.1, 0.15) is 32.3 Å². The van der Waals surface area contributed by atoms with Crippen LogP contribution < -0.4 is 4.90 Å². The zero-order valence-electron chi connectivity index (χ0n) is 11.7. The Morgan fingerprint density at radius 3 is 2.42 bits per heavy atom. The molecule has 0 amide bonds. The van der Waals surface area contributed by atoms with E-state index in [0.29, 0.717) is 5.88 Å².